The molecule has 258 valence electrons. The number of urea groups is 2. The molecule has 1 heterocycles. The highest BCUT2D eigenvalue weighted by Gasteiger charge is 2.24. The first-order chi connectivity index (χ1) is 23.3. The number of rotatable bonds is 12. The second kappa shape index (κ2) is 19.2. The van der Waals surface area contributed by atoms with Crippen molar-refractivity contribution in [3.63, 3.8) is 0 Å². The van der Waals surface area contributed by atoms with Gasteiger partial charge in [-0.1, -0.05) is 29.3 Å². The number of anilines is 2. The number of amides is 4. The number of unbranched alkanes of at least 4 members (excludes halogenated alkanes) is 1. The van der Waals surface area contributed by atoms with Gasteiger partial charge in [0.25, 0.3) is 0 Å². The van der Waals surface area contributed by atoms with E-state index in [1.807, 2.05) is 26.0 Å². The number of nitrogens with zero attached hydrogens (tertiary/aromatic N) is 4. The number of nitrogens with one attached hydrogen (secondary N) is 6. The number of halogens is 1. The van der Waals surface area contributed by atoms with Crippen LogP contribution >= 0.6 is 11.6 Å². The highest BCUT2D eigenvalue weighted by Crippen LogP contribution is 2.36. The van der Waals surface area contributed by atoms with Gasteiger partial charge in [0, 0.05) is 19.8 Å². The van der Waals surface area contributed by atoms with E-state index >= 15 is 0 Å². The first-order valence-electron chi connectivity index (χ1n) is 14.7. The smallest absolute Gasteiger partial charge is 0.333 e. The normalized spacial score (nSPS) is 10.2. The first-order valence-corrected chi connectivity index (χ1v) is 16.6. The number of benzene rings is 2. The highest BCUT2D eigenvalue weighted by molar-refractivity contribution is 7.92. The predicted molar refractivity (Wildman–Crippen MR) is 189 cm³/mol. The van der Waals surface area contributed by atoms with Crippen molar-refractivity contribution in [2.75, 3.05) is 31.1 Å². The number of pyridine rings is 1. The van der Waals surface area contributed by atoms with Crippen LogP contribution in [0.25, 0.3) is 14.5 Å². The summed E-state index contributed by atoms with van der Waals surface area (Å²) in [6.45, 7) is 29.2. The summed E-state index contributed by atoms with van der Waals surface area (Å²) in [4.78, 5) is 36.4. The van der Waals surface area contributed by atoms with Crippen LogP contribution in [0, 0.1) is 33.6 Å². The zero-order valence-electron chi connectivity index (χ0n) is 27.6. The van der Waals surface area contributed by atoms with E-state index in [9.17, 15) is 18.0 Å². The Hall–Kier alpha value is -5.76. The summed E-state index contributed by atoms with van der Waals surface area (Å²) in [5, 5.41) is 4.59. The van der Waals surface area contributed by atoms with Crippen LogP contribution in [-0.2, 0) is 9.84 Å². The van der Waals surface area contributed by atoms with Crippen LogP contribution in [0.1, 0.15) is 37.8 Å². The minimum Gasteiger partial charge on any atom is -0.493 e. The van der Waals surface area contributed by atoms with Crippen molar-refractivity contribution in [3.05, 3.63) is 93.0 Å². The molecule has 0 unspecified atom stereocenters. The molecule has 0 spiro atoms. The molecular weight excluding hydrogens is 672 g/mol. The van der Waals surface area contributed by atoms with Crippen LogP contribution in [0.2, 0.25) is 5.02 Å². The van der Waals surface area contributed by atoms with E-state index in [-0.39, 0.29) is 32.8 Å². The van der Waals surface area contributed by atoms with Crippen molar-refractivity contribution < 1.29 is 22.7 Å². The molecule has 4 amide bonds. The molecule has 0 atom stereocenters. The summed E-state index contributed by atoms with van der Waals surface area (Å²) in [6.07, 6.45) is 2.79. The number of carbonyl (C=O) groups excluding carboxylic acids is 2. The highest BCUT2D eigenvalue weighted by atomic mass is 35.5. The number of aryl methyl sites for hydroxylation is 2. The molecule has 0 fully saturated rings. The molecule has 15 nitrogen and oxygen atoms in total. The van der Waals surface area contributed by atoms with Gasteiger partial charge in [-0.15, -0.1) is 0 Å². The van der Waals surface area contributed by atoms with Crippen molar-refractivity contribution in [1.82, 2.24) is 26.5 Å². The van der Waals surface area contributed by atoms with Crippen molar-refractivity contribution in [3.8, 4) is 5.75 Å². The molecule has 0 saturated heterocycles. The van der Waals surface area contributed by atoms with Crippen LogP contribution in [0.15, 0.2) is 47.5 Å². The Morgan fingerprint density at radius 2 is 1.61 bits per heavy atom. The summed E-state index contributed by atoms with van der Waals surface area (Å²) in [6, 6.07) is 9.14. The predicted octanol–water partition coefficient (Wildman–Crippen LogP) is 6.61. The maximum Gasteiger partial charge on any atom is 0.333 e. The standard InChI is InChI=1S/C21H22ClN5O2.C11H15N5O3S/c1-14-7-8-20(15(2)11-14)29-10-6-5-9-25-21(28)27-26-17-13-19(24-4)18(23-3)12-16(17)22;1-7(2)20(18,19)9-5-8(12-3)6-14-10(9)15-16-11(17)13-4/h7-8,11-13,26H,5-6,9-10H2,1-2H3,(H2,25,27,28);5-7H,1-2,4H3,(H,14,15)(H2,13,16,17). The van der Waals surface area contributed by atoms with Crippen LogP contribution < -0.4 is 37.1 Å². The summed E-state index contributed by atoms with van der Waals surface area (Å²) in [5.41, 5.74) is 12.9. The SMILES string of the molecule is [C-]#[N+]c1cc(Cl)c(NNC(=O)NCCCCOc2ccc(C)cc2C)cc1[N+]#[C-].[C-]#[N+]c1cnc(NNC(=O)NC)c(S(=O)(=O)C(C)C)c1. The van der Waals surface area contributed by atoms with Gasteiger partial charge in [0.1, 0.15) is 10.6 Å². The van der Waals surface area contributed by atoms with E-state index in [4.69, 9.17) is 36.1 Å². The number of hydrazine groups is 2. The second-order valence-corrected chi connectivity index (χ2v) is 13.3. The molecule has 0 aliphatic carbocycles. The number of ether oxygens (including phenoxy) is 1. The Morgan fingerprint density at radius 1 is 0.939 bits per heavy atom. The number of sulfone groups is 1. The molecule has 3 rings (SSSR count). The van der Waals surface area contributed by atoms with Gasteiger partial charge in [0.2, 0.25) is 5.69 Å². The number of aromatic nitrogens is 1. The largest absolute Gasteiger partial charge is 0.493 e. The molecular formula is C32H37ClN10O5S. The third kappa shape index (κ3) is 12.1. The Kier molecular flexibility index (Phi) is 15.4. The summed E-state index contributed by atoms with van der Waals surface area (Å²) in [5.74, 6) is 0.847. The zero-order chi connectivity index (χ0) is 36.6. The molecule has 0 radical (unpaired) electrons. The van der Waals surface area contributed by atoms with Crippen molar-refractivity contribution in [1.29, 1.82) is 0 Å². The molecule has 0 aliphatic rings. The minimum atomic E-state index is -3.63. The van der Waals surface area contributed by atoms with Gasteiger partial charge in [0.15, 0.2) is 27.0 Å². The van der Waals surface area contributed by atoms with Crippen LogP contribution in [-0.4, -0.2) is 50.9 Å². The van der Waals surface area contributed by atoms with Crippen molar-refractivity contribution in [2.24, 2.45) is 0 Å². The Labute approximate surface area is 291 Å². The first kappa shape index (κ1) is 39.4. The van der Waals surface area contributed by atoms with Crippen molar-refractivity contribution in [2.45, 2.75) is 50.7 Å². The lowest BCUT2D eigenvalue weighted by atomic mass is 10.1. The maximum absolute atomic E-state index is 12.2. The molecule has 0 aliphatic heterocycles. The van der Waals surface area contributed by atoms with E-state index in [2.05, 4.69) is 57.9 Å². The van der Waals surface area contributed by atoms with Gasteiger partial charge >= 0.3 is 12.1 Å². The Morgan fingerprint density at radius 3 is 2.22 bits per heavy atom. The fraction of sp³-hybridized carbons (Fsp3) is 0.312. The Balaban J connectivity index is 0.000000365. The van der Waals surface area contributed by atoms with Gasteiger partial charge in [-0.05, 0) is 70.4 Å². The van der Waals surface area contributed by atoms with E-state index in [1.54, 1.807) is 0 Å². The van der Waals surface area contributed by atoms with Gasteiger partial charge in [-0.2, -0.15) is 0 Å². The van der Waals surface area contributed by atoms with Gasteiger partial charge < -0.3 is 15.4 Å². The van der Waals surface area contributed by atoms with Gasteiger partial charge in [-0.25, -0.2) is 27.8 Å². The zero-order valence-corrected chi connectivity index (χ0v) is 29.1. The second-order valence-electron chi connectivity index (χ2n) is 10.4. The molecule has 3 aromatic rings. The van der Waals surface area contributed by atoms with E-state index in [0.717, 1.165) is 24.2 Å². The summed E-state index contributed by atoms with van der Waals surface area (Å²) < 4.78 is 30.2. The molecule has 6 N–H and O–H groups in total. The monoisotopic (exact) mass is 708 g/mol. The van der Waals surface area contributed by atoms with Gasteiger partial charge in [-0.3, -0.25) is 31.4 Å². The maximum atomic E-state index is 12.2. The average Bonchev–Trinajstić information content (AvgIpc) is 3.08. The molecule has 2 aromatic carbocycles. The quantitative estimate of drug-likeness (QED) is 0.0692. The molecule has 17 heteroatoms. The van der Waals surface area contributed by atoms with E-state index in [0.29, 0.717) is 18.8 Å². The minimum absolute atomic E-state index is 0.0327. The number of hydrogen-bond acceptors (Lipinski definition) is 8. The lowest BCUT2D eigenvalue weighted by Crippen LogP contribution is -2.39. The van der Waals surface area contributed by atoms with Crippen LogP contribution in [0.3, 0.4) is 0 Å². The lowest BCUT2D eigenvalue weighted by Gasteiger charge is -2.14. The number of hydrogen-bond donors (Lipinski definition) is 6. The Bertz CT molecular complexity index is 1880. The van der Waals surface area contributed by atoms with Crippen LogP contribution in [0.5, 0.6) is 5.75 Å². The van der Waals surface area contributed by atoms with E-state index in [1.165, 1.54) is 50.9 Å². The number of carbonyl (C=O) groups is 2. The summed E-state index contributed by atoms with van der Waals surface area (Å²) >= 11 is 6.06. The molecule has 0 bridgehead atoms. The fourth-order valence-corrected chi connectivity index (χ4v) is 5.18. The molecule has 49 heavy (non-hydrogen) atoms. The lowest BCUT2D eigenvalue weighted by molar-refractivity contribution is 0.241. The van der Waals surface area contributed by atoms with E-state index < -0.39 is 27.1 Å². The molecule has 1 aromatic heterocycles. The average molecular weight is 709 g/mol. The fourth-order valence-electron chi connectivity index (χ4n) is 3.81. The van der Waals surface area contributed by atoms with Crippen LogP contribution in [0.4, 0.5) is 38.2 Å². The molecule has 0 saturated carbocycles. The van der Waals surface area contributed by atoms with Gasteiger partial charge in [0.05, 0.1) is 42.3 Å². The topological polar surface area (TPSA) is 176 Å². The van der Waals surface area contributed by atoms with Crippen molar-refractivity contribution >= 4 is 62.1 Å². The third-order valence-corrected chi connectivity index (χ3v) is 8.95. The third-order valence-electron chi connectivity index (χ3n) is 6.48. The summed E-state index contributed by atoms with van der Waals surface area (Å²) in [7, 11) is -2.22.